The summed E-state index contributed by atoms with van der Waals surface area (Å²) < 4.78 is 5.60. The molecule has 0 radical (unpaired) electrons. The number of piperidine rings is 1. The first kappa shape index (κ1) is 21.7. The fourth-order valence-electron chi connectivity index (χ4n) is 6.40. The molecule has 3 heterocycles. The van der Waals surface area contributed by atoms with Crippen LogP contribution in [-0.4, -0.2) is 54.2 Å². The van der Waals surface area contributed by atoms with Gasteiger partial charge in [-0.2, -0.15) is 0 Å². The normalized spacial score (nSPS) is 27.2. The largest absolute Gasteiger partial charge is 0.478 e. The summed E-state index contributed by atoms with van der Waals surface area (Å²) in [5.41, 5.74) is 5.55. The number of rotatable bonds is 4. The minimum absolute atomic E-state index is 0.200. The molecule has 34 heavy (non-hydrogen) atoms. The number of fused-ring (bicyclic) bond motifs is 1. The molecule has 1 amide bonds. The van der Waals surface area contributed by atoms with E-state index in [1.807, 2.05) is 11.0 Å². The third-order valence-corrected chi connectivity index (χ3v) is 8.63. The number of carboxylic acid groups (broad SMARTS) is 1. The van der Waals surface area contributed by atoms with Crippen molar-refractivity contribution in [1.82, 2.24) is 4.90 Å². The van der Waals surface area contributed by atoms with Gasteiger partial charge in [-0.1, -0.05) is 24.3 Å². The van der Waals surface area contributed by atoms with Crippen molar-refractivity contribution in [3.8, 4) is 0 Å². The molecule has 1 spiro atoms. The first-order chi connectivity index (χ1) is 16.5. The summed E-state index contributed by atoms with van der Waals surface area (Å²) in [7, 11) is 0. The zero-order valence-corrected chi connectivity index (χ0v) is 19.5. The molecule has 2 saturated heterocycles. The molecule has 2 N–H and O–H groups in total. The van der Waals surface area contributed by atoms with Crippen LogP contribution in [0.1, 0.15) is 71.0 Å². The third kappa shape index (κ3) is 3.88. The molecule has 0 bridgehead atoms. The monoisotopic (exact) mass is 460 g/mol. The number of aromatic carboxylic acids is 1. The van der Waals surface area contributed by atoms with Crippen molar-refractivity contribution in [3.63, 3.8) is 0 Å². The van der Waals surface area contributed by atoms with Crippen molar-refractivity contribution in [2.75, 3.05) is 31.6 Å². The summed E-state index contributed by atoms with van der Waals surface area (Å²) in [5.74, 6) is 0.262. The van der Waals surface area contributed by atoms with Crippen LogP contribution in [0.3, 0.4) is 0 Å². The van der Waals surface area contributed by atoms with E-state index in [1.165, 1.54) is 17.5 Å². The third-order valence-electron chi connectivity index (χ3n) is 8.63. The molecule has 3 atom stereocenters. The fourth-order valence-corrected chi connectivity index (χ4v) is 6.40. The van der Waals surface area contributed by atoms with Gasteiger partial charge < -0.3 is 20.1 Å². The number of carbonyl (C=O) groups excluding carboxylic acids is 1. The number of hydrogen-bond donors (Lipinski definition) is 2. The van der Waals surface area contributed by atoms with E-state index >= 15 is 0 Å². The van der Waals surface area contributed by atoms with Crippen molar-refractivity contribution in [3.05, 3.63) is 64.7 Å². The van der Waals surface area contributed by atoms with Crippen LogP contribution in [0.15, 0.2) is 42.5 Å². The van der Waals surface area contributed by atoms with Crippen LogP contribution in [0.4, 0.5) is 5.69 Å². The first-order valence-corrected chi connectivity index (χ1v) is 12.6. The second-order valence-electron chi connectivity index (χ2n) is 10.6. The van der Waals surface area contributed by atoms with Crippen molar-refractivity contribution < 1.29 is 19.4 Å². The summed E-state index contributed by atoms with van der Waals surface area (Å²) >= 11 is 0. The zero-order chi connectivity index (χ0) is 23.3. The molecule has 6 nitrogen and oxygen atoms in total. The van der Waals surface area contributed by atoms with Gasteiger partial charge in [-0.15, -0.1) is 0 Å². The second-order valence-corrected chi connectivity index (χ2v) is 10.6. The Hall–Kier alpha value is -2.86. The topological polar surface area (TPSA) is 78.9 Å². The summed E-state index contributed by atoms with van der Waals surface area (Å²) in [5, 5.41) is 12.8. The number of carboxylic acids is 1. The minimum atomic E-state index is -0.880. The van der Waals surface area contributed by atoms with Crippen LogP contribution < -0.4 is 5.32 Å². The van der Waals surface area contributed by atoms with Crippen molar-refractivity contribution >= 4 is 17.6 Å². The summed E-state index contributed by atoms with van der Waals surface area (Å²) in [6.07, 6.45) is 5.93. The molecule has 1 aliphatic carbocycles. The Balaban J connectivity index is 1.08. The number of amides is 1. The maximum absolute atomic E-state index is 12.7. The van der Waals surface area contributed by atoms with Crippen molar-refractivity contribution in [2.24, 2.45) is 5.41 Å². The fraction of sp³-hybridized carbons (Fsp3) is 0.500. The lowest BCUT2D eigenvalue weighted by Gasteiger charge is -2.34. The van der Waals surface area contributed by atoms with Gasteiger partial charge in [-0.25, -0.2) is 4.79 Å². The van der Waals surface area contributed by atoms with E-state index in [1.54, 1.807) is 12.1 Å². The molecule has 2 aromatic rings. The molecule has 2 aromatic carbocycles. The number of nitrogens with one attached hydrogen (secondary N) is 1. The van der Waals surface area contributed by atoms with Crippen molar-refractivity contribution in [1.29, 1.82) is 0 Å². The lowest BCUT2D eigenvalue weighted by atomic mass is 9.85. The van der Waals surface area contributed by atoms with Gasteiger partial charge in [0.1, 0.15) is 6.10 Å². The second kappa shape index (κ2) is 8.42. The highest BCUT2D eigenvalue weighted by atomic mass is 16.5. The molecule has 1 unspecified atom stereocenters. The average molecular weight is 461 g/mol. The quantitative estimate of drug-likeness (QED) is 0.707. The molecule has 178 valence electrons. The summed E-state index contributed by atoms with van der Waals surface area (Å²) in [6, 6.07) is 14.5. The Morgan fingerprint density at radius 1 is 1.06 bits per heavy atom. The number of nitrogens with zero attached hydrogens (tertiary/aromatic N) is 1. The predicted octanol–water partition coefficient (Wildman–Crippen LogP) is 4.41. The number of anilines is 1. The van der Waals surface area contributed by atoms with Gasteiger partial charge in [0.05, 0.1) is 5.56 Å². The van der Waals surface area contributed by atoms with Crippen LogP contribution in [0.25, 0.3) is 0 Å². The molecule has 0 aromatic heterocycles. The zero-order valence-electron chi connectivity index (χ0n) is 19.5. The summed E-state index contributed by atoms with van der Waals surface area (Å²) in [4.78, 5) is 26.0. The Kier molecular flexibility index (Phi) is 5.36. The minimum Gasteiger partial charge on any atom is -0.478 e. The number of ether oxygens (including phenoxy) is 1. The van der Waals surface area contributed by atoms with E-state index < -0.39 is 5.97 Å². The van der Waals surface area contributed by atoms with Gasteiger partial charge in [0.15, 0.2) is 0 Å². The van der Waals surface area contributed by atoms with E-state index in [2.05, 4.69) is 29.6 Å². The van der Waals surface area contributed by atoms with Crippen LogP contribution in [0.5, 0.6) is 0 Å². The van der Waals surface area contributed by atoms with Gasteiger partial charge in [0.25, 0.3) is 5.91 Å². The van der Waals surface area contributed by atoms with Crippen LogP contribution in [0, 0.1) is 5.41 Å². The number of carbonyl (C=O) groups is 2. The van der Waals surface area contributed by atoms with E-state index in [0.29, 0.717) is 22.8 Å². The number of benzene rings is 2. The van der Waals surface area contributed by atoms with Crippen LogP contribution >= 0.6 is 0 Å². The van der Waals surface area contributed by atoms with Crippen LogP contribution in [-0.2, 0) is 16.0 Å². The Morgan fingerprint density at radius 2 is 1.82 bits per heavy atom. The van der Waals surface area contributed by atoms with Gasteiger partial charge in [-0.3, -0.25) is 4.79 Å². The lowest BCUT2D eigenvalue weighted by Crippen LogP contribution is -2.44. The predicted molar refractivity (Wildman–Crippen MR) is 129 cm³/mol. The Morgan fingerprint density at radius 3 is 2.53 bits per heavy atom. The highest BCUT2D eigenvalue weighted by Crippen LogP contribution is 2.65. The molecule has 1 saturated carbocycles. The number of likely N-dealkylation sites (tertiary alicyclic amines) is 1. The standard InChI is InChI=1S/C28H32N2O4/c31-26(25-2-1-13-34-25)30-11-9-28(10-12-30)16-23(28)19-5-3-18(4-6-19)22-15-21-14-20(27(32)33)7-8-24(21)29-17-22/h3-8,14,22-23,25,29H,1-2,9-13,15-17H2,(H,32,33)/t22?,23-,25-/m1/s1. The molecular formula is C28H32N2O4. The Labute approximate surface area is 200 Å². The lowest BCUT2D eigenvalue weighted by molar-refractivity contribution is -0.142. The molecule has 3 aliphatic heterocycles. The van der Waals surface area contributed by atoms with E-state index in [0.717, 1.165) is 69.6 Å². The Bertz CT molecular complexity index is 1100. The highest BCUT2D eigenvalue weighted by Gasteiger charge is 2.55. The van der Waals surface area contributed by atoms with Gasteiger partial charge in [0, 0.05) is 37.8 Å². The maximum atomic E-state index is 12.7. The van der Waals surface area contributed by atoms with Gasteiger partial charge in [-0.05, 0) is 84.7 Å². The molecule has 6 rings (SSSR count). The number of hydrogen-bond acceptors (Lipinski definition) is 4. The maximum Gasteiger partial charge on any atom is 0.335 e. The van der Waals surface area contributed by atoms with E-state index in [9.17, 15) is 14.7 Å². The SMILES string of the molecule is O=C(O)c1ccc2c(c1)CC(c1ccc([C@H]3CC34CCN(C(=O)[C@H]3CCCO3)CC4)cc1)CN2. The molecule has 6 heteroatoms. The van der Waals surface area contributed by atoms with Crippen LogP contribution in [0.2, 0.25) is 0 Å². The smallest absolute Gasteiger partial charge is 0.335 e. The van der Waals surface area contributed by atoms with Gasteiger partial charge >= 0.3 is 5.97 Å². The van der Waals surface area contributed by atoms with E-state index in [4.69, 9.17) is 4.74 Å². The molecular weight excluding hydrogens is 428 g/mol. The molecule has 4 aliphatic rings. The highest BCUT2D eigenvalue weighted by molar-refractivity contribution is 5.88. The first-order valence-electron chi connectivity index (χ1n) is 12.6. The average Bonchev–Trinajstić information content (AvgIpc) is 3.28. The van der Waals surface area contributed by atoms with Crippen molar-refractivity contribution in [2.45, 2.75) is 56.5 Å². The van der Waals surface area contributed by atoms with Gasteiger partial charge in [0.2, 0.25) is 0 Å². The molecule has 3 fully saturated rings. The van der Waals surface area contributed by atoms with E-state index in [-0.39, 0.29) is 12.0 Å². The summed E-state index contributed by atoms with van der Waals surface area (Å²) in [6.45, 7) is 3.30.